The molecule has 1 saturated heterocycles. The normalized spacial score (nSPS) is 15.8. The summed E-state index contributed by atoms with van der Waals surface area (Å²) in [7, 11) is 0. The van der Waals surface area contributed by atoms with E-state index in [-0.39, 0.29) is 10.6 Å². The molecule has 1 aromatic carbocycles. The summed E-state index contributed by atoms with van der Waals surface area (Å²) in [5, 5.41) is 17.6. The second-order valence-electron chi connectivity index (χ2n) is 4.94. The Hall–Kier alpha value is -1.82. The third-order valence-electron chi connectivity index (χ3n) is 3.52. The van der Waals surface area contributed by atoms with Crippen molar-refractivity contribution in [1.29, 1.82) is 0 Å². The molecule has 0 spiro atoms. The van der Waals surface area contributed by atoms with Crippen LogP contribution in [0.2, 0.25) is 0 Å². The zero-order valence-corrected chi connectivity index (χ0v) is 11.7. The predicted molar refractivity (Wildman–Crippen MR) is 78.3 cm³/mol. The molecule has 0 atom stereocenters. The lowest BCUT2D eigenvalue weighted by Gasteiger charge is -2.23. The van der Waals surface area contributed by atoms with E-state index in [1.54, 1.807) is 12.1 Å². The molecule has 20 heavy (non-hydrogen) atoms. The number of rotatable bonds is 6. The minimum Gasteiger partial charge on any atom is -0.494 e. The Labute approximate surface area is 118 Å². The van der Waals surface area contributed by atoms with Gasteiger partial charge in [0.1, 0.15) is 11.4 Å². The monoisotopic (exact) mass is 279 g/mol. The summed E-state index contributed by atoms with van der Waals surface area (Å²) >= 11 is 0. The highest BCUT2D eigenvalue weighted by Gasteiger charge is 2.17. The molecule has 1 aliphatic heterocycles. The number of nitrogens with zero attached hydrogens (tertiary/aromatic N) is 1. The zero-order valence-electron chi connectivity index (χ0n) is 11.7. The summed E-state index contributed by atoms with van der Waals surface area (Å²) in [5.74, 6) is 1.11. The third kappa shape index (κ3) is 3.84. The molecule has 6 heteroatoms. The SMILES string of the molecule is CCOc1ccc(NCC2CCNCC2)c([N+](=O)[O-])c1. The topological polar surface area (TPSA) is 76.4 Å². The molecule has 0 aliphatic carbocycles. The number of nitro benzene ring substituents is 1. The first-order valence-corrected chi connectivity index (χ1v) is 7.06. The maximum absolute atomic E-state index is 11.1. The van der Waals surface area contributed by atoms with Crippen molar-refractivity contribution in [3.63, 3.8) is 0 Å². The molecule has 1 aromatic rings. The summed E-state index contributed by atoms with van der Waals surface area (Å²) in [5.41, 5.74) is 0.641. The number of benzene rings is 1. The van der Waals surface area contributed by atoms with Crippen molar-refractivity contribution in [3.8, 4) is 5.75 Å². The zero-order chi connectivity index (χ0) is 14.4. The predicted octanol–water partition coefficient (Wildman–Crippen LogP) is 2.41. The van der Waals surface area contributed by atoms with Gasteiger partial charge in [-0.1, -0.05) is 0 Å². The number of hydrogen-bond donors (Lipinski definition) is 2. The van der Waals surface area contributed by atoms with Gasteiger partial charge in [0, 0.05) is 6.54 Å². The van der Waals surface area contributed by atoms with Crippen LogP contribution in [0.15, 0.2) is 18.2 Å². The van der Waals surface area contributed by atoms with Crippen LogP contribution in [0.25, 0.3) is 0 Å². The minimum absolute atomic E-state index is 0.0740. The largest absolute Gasteiger partial charge is 0.494 e. The van der Waals surface area contributed by atoms with Gasteiger partial charge in [-0.2, -0.15) is 0 Å². The molecule has 0 radical (unpaired) electrons. The first kappa shape index (κ1) is 14.6. The lowest BCUT2D eigenvalue weighted by atomic mass is 9.98. The van der Waals surface area contributed by atoms with Gasteiger partial charge >= 0.3 is 0 Å². The maximum Gasteiger partial charge on any atom is 0.296 e. The van der Waals surface area contributed by atoms with Crippen molar-refractivity contribution in [3.05, 3.63) is 28.3 Å². The van der Waals surface area contributed by atoms with Gasteiger partial charge in [0.15, 0.2) is 0 Å². The Morgan fingerprint density at radius 3 is 2.85 bits per heavy atom. The third-order valence-corrected chi connectivity index (χ3v) is 3.52. The molecule has 1 heterocycles. The highest BCUT2D eigenvalue weighted by atomic mass is 16.6. The van der Waals surface area contributed by atoms with Crippen molar-refractivity contribution >= 4 is 11.4 Å². The molecule has 2 N–H and O–H groups in total. The second kappa shape index (κ2) is 7.09. The molecule has 0 amide bonds. The molecule has 0 saturated carbocycles. The van der Waals surface area contributed by atoms with E-state index in [2.05, 4.69) is 10.6 Å². The summed E-state index contributed by atoms with van der Waals surface area (Å²) in [6.45, 7) is 5.18. The van der Waals surface area contributed by atoms with E-state index in [1.165, 1.54) is 6.07 Å². The van der Waals surface area contributed by atoms with Crippen molar-refractivity contribution in [2.24, 2.45) is 5.92 Å². The van der Waals surface area contributed by atoms with Gasteiger partial charge in [0.25, 0.3) is 5.69 Å². The number of ether oxygens (including phenoxy) is 1. The second-order valence-corrected chi connectivity index (χ2v) is 4.94. The van der Waals surface area contributed by atoms with E-state index in [4.69, 9.17) is 4.74 Å². The minimum atomic E-state index is -0.368. The first-order valence-electron chi connectivity index (χ1n) is 7.06. The van der Waals surface area contributed by atoms with Gasteiger partial charge in [-0.3, -0.25) is 10.1 Å². The van der Waals surface area contributed by atoms with Crippen LogP contribution in [0.1, 0.15) is 19.8 Å². The summed E-state index contributed by atoms with van der Waals surface area (Å²) in [4.78, 5) is 10.8. The average Bonchev–Trinajstić information content (AvgIpc) is 2.47. The smallest absolute Gasteiger partial charge is 0.296 e. The van der Waals surface area contributed by atoms with Crippen LogP contribution in [-0.4, -0.2) is 31.2 Å². The van der Waals surface area contributed by atoms with E-state index in [9.17, 15) is 10.1 Å². The standard InChI is InChI=1S/C14H21N3O3/c1-2-20-12-3-4-13(14(9-12)17(18)19)16-10-11-5-7-15-8-6-11/h3-4,9,11,15-16H,2,5-8,10H2,1H3. The van der Waals surface area contributed by atoms with Crippen LogP contribution in [0, 0.1) is 16.0 Å². The molecular weight excluding hydrogens is 258 g/mol. The summed E-state index contributed by atoms with van der Waals surface area (Å²) in [6.07, 6.45) is 2.22. The van der Waals surface area contributed by atoms with E-state index >= 15 is 0 Å². The number of piperidine rings is 1. The Morgan fingerprint density at radius 1 is 1.45 bits per heavy atom. The fourth-order valence-electron chi connectivity index (χ4n) is 2.41. The van der Waals surface area contributed by atoms with Crippen LogP contribution < -0.4 is 15.4 Å². The average molecular weight is 279 g/mol. The highest BCUT2D eigenvalue weighted by molar-refractivity contribution is 5.63. The van der Waals surface area contributed by atoms with E-state index in [1.807, 2.05) is 6.92 Å². The molecule has 0 bridgehead atoms. The fourth-order valence-corrected chi connectivity index (χ4v) is 2.41. The van der Waals surface area contributed by atoms with Gasteiger partial charge in [-0.05, 0) is 50.9 Å². The molecule has 1 aliphatic rings. The summed E-state index contributed by atoms with van der Waals surface area (Å²) in [6, 6.07) is 4.97. The molecule has 0 unspecified atom stereocenters. The van der Waals surface area contributed by atoms with E-state index in [0.29, 0.717) is 24.0 Å². The van der Waals surface area contributed by atoms with Gasteiger partial charge < -0.3 is 15.4 Å². The van der Waals surface area contributed by atoms with Gasteiger partial charge in [0.2, 0.25) is 0 Å². The van der Waals surface area contributed by atoms with Gasteiger partial charge in [-0.25, -0.2) is 0 Å². The van der Waals surface area contributed by atoms with Crippen LogP contribution >= 0.6 is 0 Å². The Morgan fingerprint density at radius 2 is 2.20 bits per heavy atom. The molecule has 2 rings (SSSR count). The molecule has 0 aromatic heterocycles. The highest BCUT2D eigenvalue weighted by Crippen LogP contribution is 2.29. The quantitative estimate of drug-likeness (QED) is 0.617. The molecule has 1 fully saturated rings. The van der Waals surface area contributed by atoms with Gasteiger partial charge in [0.05, 0.1) is 17.6 Å². The van der Waals surface area contributed by atoms with Crippen molar-refractivity contribution < 1.29 is 9.66 Å². The number of nitro groups is 1. The molecular formula is C14H21N3O3. The maximum atomic E-state index is 11.1. The fraction of sp³-hybridized carbons (Fsp3) is 0.571. The van der Waals surface area contributed by atoms with Crippen LogP contribution in [-0.2, 0) is 0 Å². The van der Waals surface area contributed by atoms with E-state index in [0.717, 1.165) is 32.5 Å². The summed E-state index contributed by atoms with van der Waals surface area (Å²) < 4.78 is 5.31. The van der Waals surface area contributed by atoms with Crippen molar-refractivity contribution in [1.82, 2.24) is 5.32 Å². The Balaban J connectivity index is 2.03. The molecule has 6 nitrogen and oxygen atoms in total. The van der Waals surface area contributed by atoms with Crippen LogP contribution in [0.4, 0.5) is 11.4 Å². The van der Waals surface area contributed by atoms with Gasteiger partial charge in [-0.15, -0.1) is 0 Å². The number of nitrogens with one attached hydrogen (secondary N) is 2. The lowest BCUT2D eigenvalue weighted by Crippen LogP contribution is -2.31. The first-order chi connectivity index (χ1) is 9.70. The number of anilines is 1. The lowest BCUT2D eigenvalue weighted by molar-refractivity contribution is -0.384. The van der Waals surface area contributed by atoms with E-state index < -0.39 is 0 Å². The van der Waals surface area contributed by atoms with Crippen molar-refractivity contribution in [2.45, 2.75) is 19.8 Å². The van der Waals surface area contributed by atoms with Crippen molar-refractivity contribution in [2.75, 3.05) is 31.6 Å². The molecule has 110 valence electrons. The van der Waals surface area contributed by atoms with Crippen LogP contribution in [0.5, 0.6) is 5.75 Å². The Bertz CT molecular complexity index is 459. The van der Waals surface area contributed by atoms with Crippen LogP contribution in [0.3, 0.4) is 0 Å². The number of hydrogen-bond acceptors (Lipinski definition) is 5. The Kier molecular flexibility index (Phi) is 5.17.